The second kappa shape index (κ2) is 7.51. The van der Waals surface area contributed by atoms with E-state index in [4.69, 9.17) is 9.47 Å². The van der Waals surface area contributed by atoms with Crippen LogP contribution < -0.4 is 4.74 Å². The van der Waals surface area contributed by atoms with E-state index in [1.807, 2.05) is 63.2 Å². The molecule has 1 aliphatic heterocycles. The number of halogens is 1. The number of amides is 1. The van der Waals surface area contributed by atoms with Gasteiger partial charge in [-0.3, -0.25) is 4.68 Å². The molecule has 29 heavy (non-hydrogen) atoms. The van der Waals surface area contributed by atoms with Gasteiger partial charge in [0.2, 0.25) is 0 Å². The molecule has 0 radical (unpaired) electrons. The predicted octanol–water partition coefficient (Wildman–Crippen LogP) is 3.73. The Morgan fingerprint density at radius 3 is 2.69 bits per heavy atom. The highest BCUT2D eigenvalue weighted by molar-refractivity contribution is 14.1. The van der Waals surface area contributed by atoms with Crippen LogP contribution in [-0.2, 0) is 11.8 Å². The van der Waals surface area contributed by atoms with Crippen molar-refractivity contribution in [1.29, 1.82) is 0 Å². The van der Waals surface area contributed by atoms with Crippen LogP contribution in [0.3, 0.4) is 0 Å². The van der Waals surface area contributed by atoms with Crippen LogP contribution in [0.25, 0.3) is 16.6 Å². The van der Waals surface area contributed by atoms with E-state index in [-0.39, 0.29) is 12.2 Å². The van der Waals surface area contributed by atoms with E-state index in [2.05, 4.69) is 32.8 Å². The lowest BCUT2D eigenvalue weighted by molar-refractivity contribution is 0.0276. The summed E-state index contributed by atoms with van der Waals surface area (Å²) in [7, 11) is 1.89. The highest BCUT2D eigenvalue weighted by Gasteiger charge is 2.31. The number of likely N-dealkylation sites (tertiary alicyclic amines) is 1. The Kier molecular flexibility index (Phi) is 5.18. The van der Waals surface area contributed by atoms with Crippen LogP contribution in [0.15, 0.2) is 30.9 Å². The van der Waals surface area contributed by atoms with Crippen molar-refractivity contribution in [3.8, 4) is 16.9 Å². The minimum absolute atomic E-state index is 0.0961. The van der Waals surface area contributed by atoms with E-state index < -0.39 is 5.60 Å². The number of fused-ring (bicyclic) bond motifs is 1. The smallest absolute Gasteiger partial charge is 0.410 e. The SMILES string of the molecule is Cn1cc(-c2cc(O[C@@H]3CCN(C(=O)OC(C)(C)C)C3)c3c(I)cnn3c2)cn1. The van der Waals surface area contributed by atoms with Gasteiger partial charge >= 0.3 is 6.09 Å². The molecule has 4 heterocycles. The maximum Gasteiger partial charge on any atom is 0.410 e. The molecule has 0 aliphatic carbocycles. The lowest BCUT2D eigenvalue weighted by Gasteiger charge is -2.24. The van der Waals surface area contributed by atoms with Crippen molar-refractivity contribution >= 4 is 34.2 Å². The van der Waals surface area contributed by atoms with Crippen LogP contribution in [0.4, 0.5) is 4.79 Å². The van der Waals surface area contributed by atoms with Gasteiger partial charge in [-0.2, -0.15) is 10.2 Å². The highest BCUT2D eigenvalue weighted by atomic mass is 127. The summed E-state index contributed by atoms with van der Waals surface area (Å²) in [6.07, 6.45) is 7.93. The van der Waals surface area contributed by atoms with Crippen molar-refractivity contribution in [3.05, 3.63) is 34.4 Å². The number of ether oxygens (including phenoxy) is 2. The zero-order valence-corrected chi connectivity index (χ0v) is 19.1. The number of aryl methyl sites for hydroxylation is 1. The molecule has 3 aromatic heterocycles. The Morgan fingerprint density at radius 1 is 1.21 bits per heavy atom. The highest BCUT2D eigenvalue weighted by Crippen LogP contribution is 2.32. The van der Waals surface area contributed by atoms with Crippen molar-refractivity contribution < 1.29 is 14.3 Å². The minimum Gasteiger partial charge on any atom is -0.486 e. The third-order valence-corrected chi connectivity index (χ3v) is 5.45. The molecule has 0 N–H and O–H groups in total. The van der Waals surface area contributed by atoms with E-state index in [9.17, 15) is 4.79 Å². The molecule has 1 amide bonds. The Morgan fingerprint density at radius 2 is 2.00 bits per heavy atom. The summed E-state index contributed by atoms with van der Waals surface area (Å²) < 4.78 is 16.5. The largest absolute Gasteiger partial charge is 0.486 e. The molecule has 0 bridgehead atoms. The molecule has 154 valence electrons. The lowest BCUT2D eigenvalue weighted by atomic mass is 10.1. The summed E-state index contributed by atoms with van der Waals surface area (Å²) in [4.78, 5) is 14.1. The lowest BCUT2D eigenvalue weighted by Crippen LogP contribution is -2.36. The topological polar surface area (TPSA) is 73.9 Å². The maximum absolute atomic E-state index is 12.3. The van der Waals surface area contributed by atoms with Crippen molar-refractivity contribution in [3.63, 3.8) is 0 Å². The van der Waals surface area contributed by atoms with E-state index in [1.54, 1.807) is 9.58 Å². The summed E-state index contributed by atoms with van der Waals surface area (Å²) in [5, 5.41) is 8.70. The number of aromatic nitrogens is 4. The Balaban J connectivity index is 1.58. The molecule has 1 saturated heterocycles. The fourth-order valence-corrected chi connectivity index (χ4v) is 4.00. The van der Waals surface area contributed by atoms with Gasteiger partial charge in [0.25, 0.3) is 0 Å². The van der Waals surface area contributed by atoms with E-state index in [1.165, 1.54) is 0 Å². The first-order chi connectivity index (χ1) is 13.7. The fourth-order valence-electron chi connectivity index (χ4n) is 3.36. The zero-order valence-electron chi connectivity index (χ0n) is 16.9. The molecule has 4 rings (SSSR count). The second-order valence-corrected chi connectivity index (χ2v) is 9.40. The minimum atomic E-state index is -0.506. The molecule has 0 unspecified atom stereocenters. The van der Waals surface area contributed by atoms with E-state index >= 15 is 0 Å². The summed E-state index contributed by atoms with van der Waals surface area (Å²) in [6, 6.07) is 2.02. The van der Waals surface area contributed by atoms with Crippen molar-refractivity contribution in [2.75, 3.05) is 13.1 Å². The van der Waals surface area contributed by atoms with Crippen LogP contribution in [0.1, 0.15) is 27.2 Å². The number of hydrogen-bond acceptors (Lipinski definition) is 5. The number of nitrogens with zero attached hydrogens (tertiary/aromatic N) is 5. The number of carbonyl (C=O) groups is 1. The molecule has 9 heteroatoms. The van der Waals surface area contributed by atoms with Gasteiger partial charge < -0.3 is 14.4 Å². The average molecular weight is 509 g/mol. The van der Waals surface area contributed by atoms with Crippen LogP contribution in [0.5, 0.6) is 5.75 Å². The number of carbonyl (C=O) groups excluding carboxylic acids is 1. The van der Waals surface area contributed by atoms with Gasteiger partial charge in [0.05, 0.1) is 22.5 Å². The molecule has 1 aliphatic rings. The maximum atomic E-state index is 12.3. The Hall–Kier alpha value is -2.30. The summed E-state index contributed by atoms with van der Waals surface area (Å²) >= 11 is 2.26. The molecule has 1 fully saturated rings. The van der Waals surface area contributed by atoms with Gasteiger partial charge in [0.1, 0.15) is 23.0 Å². The molecular weight excluding hydrogens is 485 g/mol. The van der Waals surface area contributed by atoms with Gasteiger partial charge in [-0.05, 0) is 49.4 Å². The standard InChI is InChI=1S/C20H24IN5O3/c1-20(2,3)29-19(27)25-6-5-15(12-25)28-17-7-13(14-8-22-24(4)10-14)11-26-18(17)16(21)9-23-26/h7-11,15H,5-6,12H2,1-4H3/t15-/m1/s1. The predicted molar refractivity (Wildman–Crippen MR) is 117 cm³/mol. The average Bonchev–Trinajstić information content (AvgIpc) is 3.34. The molecule has 8 nitrogen and oxygen atoms in total. The van der Waals surface area contributed by atoms with Crippen LogP contribution >= 0.6 is 22.6 Å². The molecule has 0 saturated carbocycles. The second-order valence-electron chi connectivity index (χ2n) is 8.24. The van der Waals surface area contributed by atoms with Crippen LogP contribution in [-0.4, -0.2) is 55.2 Å². The first-order valence-electron chi connectivity index (χ1n) is 9.50. The van der Waals surface area contributed by atoms with Gasteiger partial charge in [-0.15, -0.1) is 0 Å². The monoisotopic (exact) mass is 509 g/mol. The van der Waals surface area contributed by atoms with Crippen LogP contribution in [0.2, 0.25) is 0 Å². The van der Waals surface area contributed by atoms with Crippen molar-refractivity contribution in [1.82, 2.24) is 24.3 Å². The normalized spacial score (nSPS) is 17.1. The van der Waals surface area contributed by atoms with Gasteiger partial charge in [0.15, 0.2) is 0 Å². The Bertz CT molecular complexity index is 1050. The number of hydrogen-bond donors (Lipinski definition) is 0. The quantitative estimate of drug-likeness (QED) is 0.504. The number of rotatable bonds is 3. The van der Waals surface area contributed by atoms with E-state index in [0.717, 1.165) is 32.4 Å². The van der Waals surface area contributed by atoms with Gasteiger partial charge in [0, 0.05) is 43.5 Å². The third-order valence-electron chi connectivity index (χ3n) is 4.66. The molecule has 0 aromatic carbocycles. The van der Waals surface area contributed by atoms with Gasteiger partial charge in [-0.25, -0.2) is 9.31 Å². The summed E-state index contributed by atoms with van der Waals surface area (Å²) in [5.41, 5.74) is 2.39. The molecule has 3 aromatic rings. The third kappa shape index (κ3) is 4.34. The number of pyridine rings is 1. The molecular formula is C20H24IN5O3. The summed E-state index contributed by atoms with van der Waals surface area (Å²) in [5.74, 6) is 0.754. The molecule has 0 spiro atoms. The molecule has 1 atom stereocenters. The van der Waals surface area contributed by atoms with Crippen molar-refractivity contribution in [2.24, 2.45) is 7.05 Å². The van der Waals surface area contributed by atoms with Crippen LogP contribution in [0, 0.1) is 3.57 Å². The zero-order chi connectivity index (χ0) is 20.8. The first kappa shape index (κ1) is 20.0. The van der Waals surface area contributed by atoms with E-state index in [0.29, 0.717) is 13.1 Å². The summed E-state index contributed by atoms with van der Waals surface area (Å²) in [6.45, 7) is 6.74. The van der Waals surface area contributed by atoms with Crippen molar-refractivity contribution in [2.45, 2.75) is 38.9 Å². The first-order valence-corrected chi connectivity index (χ1v) is 10.6. The Labute approximate surface area is 182 Å². The van der Waals surface area contributed by atoms with Gasteiger partial charge in [-0.1, -0.05) is 0 Å². The fraction of sp³-hybridized carbons (Fsp3) is 0.450.